The molecule has 1 aliphatic rings. The van der Waals surface area contributed by atoms with Crippen molar-refractivity contribution in [3.8, 4) is 0 Å². The molecule has 0 aliphatic carbocycles. The maximum atomic E-state index is 12.6. The summed E-state index contributed by atoms with van der Waals surface area (Å²) in [6.45, 7) is 6.25. The largest absolute Gasteiger partial charge is 0.342 e. The maximum absolute atomic E-state index is 12.6. The van der Waals surface area contributed by atoms with E-state index in [1.807, 2.05) is 6.92 Å². The molecule has 6 heteroatoms. The molecule has 1 heterocycles. The number of hydrogen-bond donors (Lipinski definition) is 2. The third-order valence-electron chi connectivity index (χ3n) is 3.46. The van der Waals surface area contributed by atoms with Crippen LogP contribution in [0.25, 0.3) is 0 Å². The Bertz CT molecular complexity index is 568. The van der Waals surface area contributed by atoms with Crippen LogP contribution in [-0.4, -0.2) is 22.3 Å². The van der Waals surface area contributed by atoms with Crippen LogP contribution in [0.3, 0.4) is 0 Å². The minimum atomic E-state index is -0.715. The molecule has 2 rings (SSSR count). The molecular weight excluding hydrogens is 309 g/mol. The van der Waals surface area contributed by atoms with Gasteiger partial charge in [-0.1, -0.05) is 37.0 Å². The highest BCUT2D eigenvalue weighted by atomic mass is 35.5. The molecule has 0 aromatic heterocycles. The van der Waals surface area contributed by atoms with E-state index >= 15 is 0 Å². The molecule has 1 fully saturated rings. The molecule has 1 atom stereocenters. The van der Waals surface area contributed by atoms with Crippen LogP contribution in [0.2, 0.25) is 10.0 Å². The predicted molar refractivity (Wildman–Crippen MR) is 85.7 cm³/mol. The number of carbonyl (C=O) groups is 1. The Balaban J connectivity index is 2.21. The minimum Gasteiger partial charge on any atom is -0.342 e. The van der Waals surface area contributed by atoms with Gasteiger partial charge in [-0.05, 0) is 43.0 Å². The average Bonchev–Trinajstić information content (AvgIpc) is 2.50. The van der Waals surface area contributed by atoms with Crippen LogP contribution in [0.1, 0.15) is 32.8 Å². The summed E-state index contributed by atoms with van der Waals surface area (Å²) in [5.41, 5.74) is 0.0920. The smallest absolute Gasteiger partial charge is 0.255 e. The summed E-state index contributed by atoms with van der Waals surface area (Å²) in [6.07, 6.45) is 0.682. The van der Waals surface area contributed by atoms with E-state index in [1.165, 1.54) is 4.90 Å². The summed E-state index contributed by atoms with van der Waals surface area (Å²) in [4.78, 5) is 14.0. The number of rotatable bonds is 4. The molecule has 1 aromatic rings. The lowest BCUT2D eigenvalue weighted by molar-refractivity contribution is -0.131. The van der Waals surface area contributed by atoms with Crippen LogP contribution in [-0.2, 0) is 11.3 Å². The molecule has 0 spiro atoms. The summed E-state index contributed by atoms with van der Waals surface area (Å²) in [5.74, 6) is 0.399. The quantitative estimate of drug-likeness (QED) is 0.886. The lowest BCUT2D eigenvalue weighted by Crippen LogP contribution is -2.44. The van der Waals surface area contributed by atoms with Gasteiger partial charge in [0, 0.05) is 10.0 Å². The van der Waals surface area contributed by atoms with Gasteiger partial charge in [-0.15, -0.1) is 0 Å². The van der Waals surface area contributed by atoms with E-state index in [1.54, 1.807) is 18.2 Å². The van der Waals surface area contributed by atoms with Gasteiger partial charge in [0.15, 0.2) is 5.96 Å². The van der Waals surface area contributed by atoms with Crippen LogP contribution in [0, 0.1) is 11.3 Å². The third kappa shape index (κ3) is 3.50. The van der Waals surface area contributed by atoms with Gasteiger partial charge in [0.1, 0.15) is 5.54 Å². The molecule has 4 nitrogen and oxygen atoms in total. The van der Waals surface area contributed by atoms with Gasteiger partial charge in [0.25, 0.3) is 5.91 Å². The van der Waals surface area contributed by atoms with Crippen LogP contribution < -0.4 is 5.32 Å². The van der Waals surface area contributed by atoms with Gasteiger partial charge >= 0.3 is 0 Å². The third-order valence-corrected chi connectivity index (χ3v) is 3.90. The number of nitrogens with zero attached hydrogens (tertiary/aromatic N) is 1. The zero-order chi connectivity index (χ0) is 15.8. The summed E-state index contributed by atoms with van der Waals surface area (Å²) < 4.78 is 0. The Morgan fingerprint density at radius 3 is 2.38 bits per heavy atom. The lowest BCUT2D eigenvalue weighted by atomic mass is 9.91. The number of halogens is 2. The van der Waals surface area contributed by atoms with Crippen LogP contribution >= 0.6 is 23.2 Å². The topological polar surface area (TPSA) is 56.2 Å². The molecule has 1 aromatic carbocycles. The summed E-state index contributed by atoms with van der Waals surface area (Å²) >= 11 is 12.0. The van der Waals surface area contributed by atoms with Crippen molar-refractivity contribution in [3.05, 3.63) is 33.8 Å². The van der Waals surface area contributed by atoms with Crippen molar-refractivity contribution in [2.45, 2.75) is 39.3 Å². The molecule has 1 unspecified atom stereocenters. The number of nitrogens with one attached hydrogen (secondary N) is 2. The number of benzene rings is 1. The van der Waals surface area contributed by atoms with E-state index in [9.17, 15) is 4.79 Å². The molecule has 21 heavy (non-hydrogen) atoms. The fourth-order valence-corrected chi connectivity index (χ4v) is 3.34. The highest BCUT2D eigenvalue weighted by Crippen LogP contribution is 2.27. The molecule has 0 saturated carbocycles. The number of hydrogen-bond acceptors (Lipinski definition) is 2. The first-order valence-electron chi connectivity index (χ1n) is 6.85. The standard InChI is InChI=1S/C15H19Cl2N3O/c1-9(2)7-15(3)13(21)20(14(18)19-15)8-10-4-11(16)6-12(17)5-10/h4-6,9H,7-8H2,1-3H3,(H2,18,19). The molecular formula is C15H19Cl2N3O. The molecule has 1 aliphatic heterocycles. The predicted octanol–water partition coefficient (Wildman–Crippen LogP) is 3.66. The zero-order valence-electron chi connectivity index (χ0n) is 12.3. The van der Waals surface area contributed by atoms with E-state index in [2.05, 4.69) is 19.2 Å². The maximum Gasteiger partial charge on any atom is 0.255 e. The van der Waals surface area contributed by atoms with Crippen molar-refractivity contribution in [2.75, 3.05) is 0 Å². The van der Waals surface area contributed by atoms with Crippen molar-refractivity contribution in [1.82, 2.24) is 10.2 Å². The molecule has 114 valence electrons. The van der Waals surface area contributed by atoms with Gasteiger partial charge in [0.2, 0.25) is 0 Å². The number of carbonyl (C=O) groups excluding carboxylic acids is 1. The van der Waals surface area contributed by atoms with Crippen molar-refractivity contribution in [1.29, 1.82) is 5.41 Å². The highest BCUT2D eigenvalue weighted by molar-refractivity contribution is 6.34. The summed E-state index contributed by atoms with van der Waals surface area (Å²) in [5, 5.41) is 12.1. The van der Waals surface area contributed by atoms with E-state index in [4.69, 9.17) is 28.6 Å². The van der Waals surface area contributed by atoms with Gasteiger partial charge in [-0.25, -0.2) is 0 Å². The van der Waals surface area contributed by atoms with Crippen LogP contribution in [0.4, 0.5) is 0 Å². The normalized spacial score (nSPS) is 22.1. The molecule has 2 N–H and O–H groups in total. The molecule has 0 bridgehead atoms. The van der Waals surface area contributed by atoms with E-state index in [-0.39, 0.29) is 11.9 Å². The van der Waals surface area contributed by atoms with Crippen molar-refractivity contribution in [3.63, 3.8) is 0 Å². The van der Waals surface area contributed by atoms with E-state index in [0.717, 1.165) is 5.56 Å². The van der Waals surface area contributed by atoms with Crippen LogP contribution in [0.15, 0.2) is 18.2 Å². The second kappa shape index (κ2) is 5.85. The van der Waals surface area contributed by atoms with Crippen molar-refractivity contribution >= 4 is 35.1 Å². The Morgan fingerprint density at radius 1 is 1.29 bits per heavy atom. The second-order valence-electron chi connectivity index (χ2n) is 6.07. The number of amides is 1. The highest BCUT2D eigenvalue weighted by Gasteiger charge is 2.45. The van der Waals surface area contributed by atoms with Gasteiger partial charge in [-0.2, -0.15) is 0 Å². The van der Waals surface area contributed by atoms with E-state index in [0.29, 0.717) is 28.9 Å². The first-order valence-corrected chi connectivity index (χ1v) is 7.60. The minimum absolute atomic E-state index is 0.0858. The number of guanidine groups is 1. The Hall–Kier alpha value is -1.26. The first-order chi connectivity index (χ1) is 9.71. The summed E-state index contributed by atoms with van der Waals surface area (Å²) in [7, 11) is 0. The van der Waals surface area contributed by atoms with Gasteiger partial charge < -0.3 is 5.32 Å². The van der Waals surface area contributed by atoms with E-state index < -0.39 is 5.54 Å². The van der Waals surface area contributed by atoms with Crippen molar-refractivity contribution in [2.24, 2.45) is 5.92 Å². The zero-order valence-corrected chi connectivity index (χ0v) is 13.8. The average molecular weight is 328 g/mol. The monoisotopic (exact) mass is 327 g/mol. The Kier molecular flexibility index (Phi) is 4.49. The fourth-order valence-electron chi connectivity index (χ4n) is 2.77. The molecule has 0 radical (unpaired) electrons. The second-order valence-corrected chi connectivity index (χ2v) is 6.95. The van der Waals surface area contributed by atoms with Crippen LogP contribution in [0.5, 0.6) is 0 Å². The Labute approximate surface area is 134 Å². The summed E-state index contributed by atoms with van der Waals surface area (Å²) in [6, 6.07) is 5.16. The Morgan fingerprint density at radius 2 is 1.86 bits per heavy atom. The lowest BCUT2D eigenvalue weighted by Gasteiger charge is -2.24. The van der Waals surface area contributed by atoms with Gasteiger partial charge in [0.05, 0.1) is 6.54 Å². The van der Waals surface area contributed by atoms with Crippen molar-refractivity contribution < 1.29 is 4.79 Å². The molecule has 1 saturated heterocycles. The van der Waals surface area contributed by atoms with Gasteiger partial charge in [-0.3, -0.25) is 15.1 Å². The first kappa shape index (κ1) is 16.1. The fraction of sp³-hybridized carbons (Fsp3) is 0.467. The SMILES string of the molecule is CC(C)CC1(C)NC(=N)N(Cc2cc(Cl)cc(Cl)c2)C1=O. The molecule has 1 amide bonds.